The fourth-order valence-electron chi connectivity index (χ4n) is 1.52. The molecular formula is C10H21NO3. The van der Waals surface area contributed by atoms with Crippen molar-refractivity contribution in [1.82, 2.24) is 0 Å². The molecule has 0 spiro atoms. The molecule has 1 rings (SSSR count). The summed E-state index contributed by atoms with van der Waals surface area (Å²) < 4.78 is 16.3. The Hall–Kier alpha value is -0.160. The molecule has 4 heteroatoms. The van der Waals surface area contributed by atoms with E-state index in [1.807, 2.05) is 6.92 Å². The third-order valence-electron chi connectivity index (χ3n) is 2.68. The van der Waals surface area contributed by atoms with Crippen LogP contribution in [0.15, 0.2) is 0 Å². The van der Waals surface area contributed by atoms with Gasteiger partial charge < -0.3 is 19.9 Å². The SMILES string of the molecule is COC(C)COC1(CN)CCCOC1. The molecule has 1 saturated heterocycles. The van der Waals surface area contributed by atoms with Gasteiger partial charge >= 0.3 is 0 Å². The molecule has 1 aliphatic heterocycles. The van der Waals surface area contributed by atoms with Crippen LogP contribution >= 0.6 is 0 Å². The highest BCUT2D eigenvalue weighted by molar-refractivity contribution is 4.84. The summed E-state index contributed by atoms with van der Waals surface area (Å²) in [4.78, 5) is 0. The molecule has 2 unspecified atom stereocenters. The number of rotatable bonds is 5. The number of hydrogen-bond acceptors (Lipinski definition) is 4. The molecule has 0 aliphatic carbocycles. The van der Waals surface area contributed by atoms with Crippen LogP contribution in [0.4, 0.5) is 0 Å². The lowest BCUT2D eigenvalue weighted by molar-refractivity contribution is -0.141. The molecule has 1 aliphatic rings. The van der Waals surface area contributed by atoms with Gasteiger partial charge in [-0.25, -0.2) is 0 Å². The van der Waals surface area contributed by atoms with Crippen molar-refractivity contribution in [3.63, 3.8) is 0 Å². The van der Waals surface area contributed by atoms with E-state index in [0.29, 0.717) is 19.8 Å². The first kappa shape index (κ1) is 11.9. The number of ether oxygens (including phenoxy) is 3. The molecular weight excluding hydrogens is 182 g/mol. The number of methoxy groups -OCH3 is 1. The molecule has 2 atom stereocenters. The molecule has 1 heterocycles. The molecule has 0 amide bonds. The quantitative estimate of drug-likeness (QED) is 0.709. The Bertz CT molecular complexity index is 157. The molecule has 0 bridgehead atoms. The molecule has 2 N–H and O–H groups in total. The molecule has 0 aromatic rings. The Labute approximate surface area is 85.7 Å². The lowest BCUT2D eigenvalue weighted by Gasteiger charge is -2.36. The van der Waals surface area contributed by atoms with Crippen LogP contribution in [-0.2, 0) is 14.2 Å². The van der Waals surface area contributed by atoms with Crippen molar-refractivity contribution in [3.8, 4) is 0 Å². The topological polar surface area (TPSA) is 53.7 Å². The predicted octanol–water partition coefficient (Wildman–Crippen LogP) is 0.546. The van der Waals surface area contributed by atoms with Crippen LogP contribution in [0, 0.1) is 0 Å². The predicted molar refractivity (Wildman–Crippen MR) is 54.3 cm³/mol. The van der Waals surface area contributed by atoms with Crippen molar-refractivity contribution in [2.75, 3.05) is 33.5 Å². The van der Waals surface area contributed by atoms with E-state index in [4.69, 9.17) is 19.9 Å². The van der Waals surface area contributed by atoms with E-state index in [1.54, 1.807) is 7.11 Å². The minimum Gasteiger partial charge on any atom is -0.379 e. The number of hydrogen-bond donors (Lipinski definition) is 1. The van der Waals surface area contributed by atoms with Crippen LogP contribution in [0.25, 0.3) is 0 Å². The summed E-state index contributed by atoms with van der Waals surface area (Å²) in [5.74, 6) is 0. The van der Waals surface area contributed by atoms with Crippen molar-refractivity contribution in [1.29, 1.82) is 0 Å². The molecule has 1 fully saturated rings. The van der Waals surface area contributed by atoms with Gasteiger partial charge in [-0.15, -0.1) is 0 Å². The van der Waals surface area contributed by atoms with E-state index in [0.717, 1.165) is 19.4 Å². The van der Waals surface area contributed by atoms with Gasteiger partial charge in [0.05, 0.1) is 19.3 Å². The minimum absolute atomic E-state index is 0.111. The van der Waals surface area contributed by atoms with Crippen molar-refractivity contribution in [2.24, 2.45) is 5.73 Å². The monoisotopic (exact) mass is 203 g/mol. The average Bonchev–Trinajstić information content (AvgIpc) is 2.27. The lowest BCUT2D eigenvalue weighted by Crippen LogP contribution is -2.48. The Balaban J connectivity index is 2.36. The van der Waals surface area contributed by atoms with E-state index in [2.05, 4.69) is 0 Å². The van der Waals surface area contributed by atoms with Gasteiger partial charge in [-0.3, -0.25) is 0 Å². The Kier molecular flexibility index (Phi) is 4.81. The molecule has 4 nitrogen and oxygen atoms in total. The molecule has 0 saturated carbocycles. The van der Waals surface area contributed by atoms with E-state index < -0.39 is 0 Å². The Morgan fingerprint density at radius 1 is 1.57 bits per heavy atom. The highest BCUT2D eigenvalue weighted by Gasteiger charge is 2.32. The molecule has 0 aromatic heterocycles. The largest absolute Gasteiger partial charge is 0.379 e. The zero-order valence-corrected chi connectivity index (χ0v) is 9.12. The van der Waals surface area contributed by atoms with Crippen molar-refractivity contribution >= 4 is 0 Å². The van der Waals surface area contributed by atoms with Gasteiger partial charge in [0.1, 0.15) is 5.60 Å². The first-order valence-corrected chi connectivity index (χ1v) is 5.17. The maximum absolute atomic E-state index is 5.80. The second-order valence-electron chi connectivity index (χ2n) is 3.90. The second-order valence-corrected chi connectivity index (χ2v) is 3.90. The first-order valence-electron chi connectivity index (χ1n) is 5.17. The first-order chi connectivity index (χ1) is 6.72. The third kappa shape index (κ3) is 3.20. The fraction of sp³-hybridized carbons (Fsp3) is 1.00. The Morgan fingerprint density at radius 3 is 2.86 bits per heavy atom. The van der Waals surface area contributed by atoms with E-state index in [9.17, 15) is 0 Å². The minimum atomic E-state index is -0.273. The highest BCUT2D eigenvalue weighted by atomic mass is 16.6. The molecule has 84 valence electrons. The summed E-state index contributed by atoms with van der Waals surface area (Å²) in [7, 11) is 1.68. The second kappa shape index (κ2) is 5.66. The zero-order valence-electron chi connectivity index (χ0n) is 9.12. The van der Waals surface area contributed by atoms with Crippen molar-refractivity contribution < 1.29 is 14.2 Å². The third-order valence-corrected chi connectivity index (χ3v) is 2.68. The van der Waals surface area contributed by atoms with Crippen LogP contribution in [-0.4, -0.2) is 45.2 Å². The van der Waals surface area contributed by atoms with Gasteiger partial charge in [0.25, 0.3) is 0 Å². The van der Waals surface area contributed by atoms with E-state index in [-0.39, 0.29) is 11.7 Å². The lowest BCUT2D eigenvalue weighted by atomic mass is 9.96. The standard InChI is InChI=1S/C10H21NO3/c1-9(12-2)6-14-10(7-11)4-3-5-13-8-10/h9H,3-8,11H2,1-2H3. The summed E-state index contributed by atoms with van der Waals surface area (Å²) >= 11 is 0. The molecule has 0 aromatic carbocycles. The van der Waals surface area contributed by atoms with Crippen LogP contribution in [0.2, 0.25) is 0 Å². The van der Waals surface area contributed by atoms with Gasteiger partial charge in [0, 0.05) is 20.3 Å². The summed E-state index contributed by atoms with van der Waals surface area (Å²) in [6, 6.07) is 0. The summed E-state index contributed by atoms with van der Waals surface area (Å²) in [5.41, 5.74) is 5.45. The van der Waals surface area contributed by atoms with Crippen LogP contribution < -0.4 is 5.73 Å². The normalized spacial score (nSPS) is 30.2. The van der Waals surface area contributed by atoms with Gasteiger partial charge in [-0.1, -0.05) is 0 Å². The fourth-order valence-corrected chi connectivity index (χ4v) is 1.52. The maximum atomic E-state index is 5.80. The summed E-state index contributed by atoms with van der Waals surface area (Å²) in [6.07, 6.45) is 2.12. The average molecular weight is 203 g/mol. The van der Waals surface area contributed by atoms with Gasteiger partial charge in [0.15, 0.2) is 0 Å². The summed E-state index contributed by atoms with van der Waals surface area (Å²) in [6.45, 7) is 4.51. The van der Waals surface area contributed by atoms with Gasteiger partial charge in [-0.05, 0) is 19.8 Å². The van der Waals surface area contributed by atoms with Crippen LogP contribution in [0.5, 0.6) is 0 Å². The Morgan fingerprint density at radius 2 is 2.36 bits per heavy atom. The highest BCUT2D eigenvalue weighted by Crippen LogP contribution is 2.22. The summed E-state index contributed by atoms with van der Waals surface area (Å²) in [5, 5.41) is 0. The van der Waals surface area contributed by atoms with Gasteiger partial charge in [-0.2, -0.15) is 0 Å². The molecule has 14 heavy (non-hydrogen) atoms. The van der Waals surface area contributed by atoms with Crippen LogP contribution in [0.1, 0.15) is 19.8 Å². The smallest absolute Gasteiger partial charge is 0.104 e. The zero-order chi connectivity index (χ0) is 10.4. The maximum Gasteiger partial charge on any atom is 0.104 e. The van der Waals surface area contributed by atoms with E-state index in [1.165, 1.54) is 0 Å². The van der Waals surface area contributed by atoms with Crippen molar-refractivity contribution in [2.45, 2.75) is 31.5 Å². The van der Waals surface area contributed by atoms with Crippen molar-refractivity contribution in [3.05, 3.63) is 0 Å². The van der Waals surface area contributed by atoms with Gasteiger partial charge in [0.2, 0.25) is 0 Å². The number of nitrogens with two attached hydrogens (primary N) is 1. The van der Waals surface area contributed by atoms with Crippen LogP contribution in [0.3, 0.4) is 0 Å². The van der Waals surface area contributed by atoms with E-state index >= 15 is 0 Å². The molecule has 0 radical (unpaired) electrons.